The quantitative estimate of drug-likeness (QED) is 0.597. The van der Waals surface area contributed by atoms with Gasteiger partial charge in [0.2, 0.25) is 6.79 Å². The Balaban J connectivity index is 1.29. The first-order valence-corrected chi connectivity index (χ1v) is 11.6. The molecule has 1 unspecified atom stereocenters. The second kappa shape index (κ2) is 8.21. The van der Waals surface area contributed by atoms with Gasteiger partial charge in [0.05, 0.1) is 0 Å². The van der Waals surface area contributed by atoms with Crippen LogP contribution in [0.5, 0.6) is 11.5 Å². The van der Waals surface area contributed by atoms with Crippen LogP contribution < -0.4 is 9.47 Å². The molecule has 3 aliphatic heterocycles. The molecule has 0 saturated carbocycles. The van der Waals surface area contributed by atoms with Crippen molar-refractivity contribution in [2.24, 2.45) is 5.92 Å². The fraction of sp³-hybridized carbons (Fsp3) is 0.462. The Morgan fingerprint density at radius 1 is 0.968 bits per heavy atom. The normalized spacial score (nSPS) is 21.5. The van der Waals surface area contributed by atoms with Crippen LogP contribution in [0.15, 0.2) is 48.7 Å². The van der Waals surface area contributed by atoms with Crippen molar-refractivity contribution in [3.8, 4) is 11.5 Å². The van der Waals surface area contributed by atoms with Gasteiger partial charge in [-0.05, 0) is 72.4 Å². The molecule has 1 fully saturated rings. The fourth-order valence-corrected chi connectivity index (χ4v) is 5.56. The third kappa shape index (κ3) is 3.70. The molecule has 5 heteroatoms. The zero-order valence-electron chi connectivity index (χ0n) is 18.0. The molecule has 1 atom stereocenters. The van der Waals surface area contributed by atoms with Crippen LogP contribution in [0.1, 0.15) is 36.4 Å². The SMILES string of the molecule is c1ccc2c(c1)ccn2CCC1c2cc3c(cc2CCN1CC1CCOCC1)OCO3. The number of ether oxygens (including phenoxy) is 3. The molecule has 3 aliphatic rings. The fourth-order valence-electron chi connectivity index (χ4n) is 5.56. The first-order chi connectivity index (χ1) is 15.3. The third-order valence-electron chi connectivity index (χ3n) is 7.26. The summed E-state index contributed by atoms with van der Waals surface area (Å²) in [6.07, 6.45) is 6.77. The minimum absolute atomic E-state index is 0.337. The Hall–Kier alpha value is -2.50. The molecule has 0 N–H and O–H groups in total. The first kappa shape index (κ1) is 19.2. The van der Waals surface area contributed by atoms with Crippen LogP contribution >= 0.6 is 0 Å². The van der Waals surface area contributed by atoms with E-state index in [0.29, 0.717) is 12.8 Å². The number of rotatable bonds is 5. The van der Waals surface area contributed by atoms with Crippen molar-refractivity contribution < 1.29 is 14.2 Å². The second-order valence-corrected chi connectivity index (χ2v) is 9.08. The average molecular weight is 419 g/mol. The highest BCUT2D eigenvalue weighted by Gasteiger charge is 2.32. The number of benzene rings is 2. The van der Waals surface area contributed by atoms with Crippen molar-refractivity contribution in [2.75, 3.05) is 33.1 Å². The smallest absolute Gasteiger partial charge is 0.231 e. The zero-order chi connectivity index (χ0) is 20.6. The Bertz CT molecular complexity index is 1070. The minimum Gasteiger partial charge on any atom is -0.454 e. The number of hydrogen-bond acceptors (Lipinski definition) is 4. The van der Waals surface area contributed by atoms with E-state index < -0.39 is 0 Å². The van der Waals surface area contributed by atoms with E-state index in [-0.39, 0.29) is 0 Å². The van der Waals surface area contributed by atoms with E-state index in [1.807, 2.05) is 0 Å². The summed E-state index contributed by atoms with van der Waals surface area (Å²) in [6.45, 7) is 5.44. The number of hydrogen-bond donors (Lipinski definition) is 0. The van der Waals surface area contributed by atoms with E-state index in [0.717, 1.165) is 63.1 Å². The van der Waals surface area contributed by atoms with Crippen LogP contribution in [-0.2, 0) is 17.7 Å². The topological polar surface area (TPSA) is 35.9 Å². The zero-order valence-corrected chi connectivity index (χ0v) is 18.0. The predicted octanol–water partition coefficient (Wildman–Crippen LogP) is 4.79. The lowest BCUT2D eigenvalue weighted by atomic mass is 9.88. The molecule has 6 rings (SSSR count). The van der Waals surface area contributed by atoms with E-state index in [2.05, 4.69) is 58.1 Å². The van der Waals surface area contributed by atoms with Crippen molar-refractivity contribution in [3.63, 3.8) is 0 Å². The highest BCUT2D eigenvalue weighted by atomic mass is 16.7. The summed E-state index contributed by atoms with van der Waals surface area (Å²) >= 11 is 0. The van der Waals surface area contributed by atoms with Gasteiger partial charge in [-0.3, -0.25) is 4.90 Å². The number of nitrogens with zero attached hydrogens (tertiary/aromatic N) is 2. The average Bonchev–Trinajstić information content (AvgIpc) is 3.44. The number of fused-ring (bicyclic) bond motifs is 3. The number of aryl methyl sites for hydroxylation is 1. The van der Waals surface area contributed by atoms with Crippen molar-refractivity contribution in [2.45, 2.75) is 38.3 Å². The van der Waals surface area contributed by atoms with Crippen molar-refractivity contribution >= 4 is 10.9 Å². The van der Waals surface area contributed by atoms with Crippen molar-refractivity contribution in [1.82, 2.24) is 9.47 Å². The summed E-state index contributed by atoms with van der Waals surface area (Å²) in [5.74, 6) is 2.55. The summed E-state index contributed by atoms with van der Waals surface area (Å²) in [5.41, 5.74) is 4.18. The Kier molecular flexibility index (Phi) is 5.09. The highest BCUT2D eigenvalue weighted by Crippen LogP contribution is 2.42. The molecular formula is C26H30N2O3. The van der Waals surface area contributed by atoms with Crippen LogP contribution in [-0.4, -0.2) is 42.6 Å². The molecule has 162 valence electrons. The maximum atomic E-state index is 5.74. The molecule has 5 nitrogen and oxygen atoms in total. The van der Waals surface area contributed by atoms with Crippen LogP contribution in [0.2, 0.25) is 0 Å². The van der Waals surface area contributed by atoms with Gasteiger partial charge in [-0.1, -0.05) is 18.2 Å². The van der Waals surface area contributed by atoms with Gasteiger partial charge in [-0.25, -0.2) is 0 Å². The van der Waals surface area contributed by atoms with Crippen LogP contribution in [0.4, 0.5) is 0 Å². The highest BCUT2D eigenvalue weighted by molar-refractivity contribution is 5.79. The van der Waals surface area contributed by atoms with Gasteiger partial charge in [0.15, 0.2) is 11.5 Å². The molecular weight excluding hydrogens is 388 g/mol. The van der Waals surface area contributed by atoms with Gasteiger partial charge in [0.1, 0.15) is 0 Å². The summed E-state index contributed by atoms with van der Waals surface area (Å²) in [7, 11) is 0. The Labute approximate surface area is 183 Å². The molecule has 1 saturated heterocycles. The van der Waals surface area contributed by atoms with E-state index in [9.17, 15) is 0 Å². The molecule has 2 aromatic carbocycles. The van der Waals surface area contributed by atoms with Gasteiger partial charge in [0, 0.05) is 50.6 Å². The lowest BCUT2D eigenvalue weighted by Crippen LogP contribution is -2.40. The molecule has 0 aliphatic carbocycles. The van der Waals surface area contributed by atoms with Crippen molar-refractivity contribution in [3.05, 3.63) is 59.8 Å². The predicted molar refractivity (Wildman–Crippen MR) is 121 cm³/mol. The van der Waals surface area contributed by atoms with Crippen LogP contribution in [0.3, 0.4) is 0 Å². The van der Waals surface area contributed by atoms with Gasteiger partial charge in [0.25, 0.3) is 0 Å². The summed E-state index contributed by atoms with van der Waals surface area (Å²) in [4.78, 5) is 2.73. The van der Waals surface area contributed by atoms with Crippen molar-refractivity contribution in [1.29, 1.82) is 0 Å². The number of aromatic nitrogens is 1. The van der Waals surface area contributed by atoms with E-state index >= 15 is 0 Å². The maximum Gasteiger partial charge on any atom is 0.231 e. The van der Waals surface area contributed by atoms with Gasteiger partial charge < -0.3 is 18.8 Å². The lowest BCUT2D eigenvalue weighted by Gasteiger charge is -2.40. The van der Waals surface area contributed by atoms with E-state index in [1.54, 1.807) is 0 Å². The van der Waals surface area contributed by atoms with Gasteiger partial charge in [-0.15, -0.1) is 0 Å². The minimum atomic E-state index is 0.337. The largest absolute Gasteiger partial charge is 0.454 e. The second-order valence-electron chi connectivity index (χ2n) is 9.08. The first-order valence-electron chi connectivity index (χ1n) is 11.6. The Morgan fingerprint density at radius 2 is 1.81 bits per heavy atom. The third-order valence-corrected chi connectivity index (χ3v) is 7.26. The van der Waals surface area contributed by atoms with E-state index in [4.69, 9.17) is 14.2 Å². The molecule has 4 heterocycles. The molecule has 3 aromatic rings. The summed E-state index contributed by atoms with van der Waals surface area (Å²) in [5, 5.41) is 1.31. The molecule has 0 radical (unpaired) electrons. The van der Waals surface area contributed by atoms with Gasteiger partial charge in [-0.2, -0.15) is 0 Å². The molecule has 1 aromatic heterocycles. The van der Waals surface area contributed by atoms with Gasteiger partial charge >= 0.3 is 0 Å². The molecule has 0 spiro atoms. The Morgan fingerprint density at radius 3 is 2.71 bits per heavy atom. The summed E-state index contributed by atoms with van der Waals surface area (Å²) in [6, 6.07) is 15.8. The lowest BCUT2D eigenvalue weighted by molar-refractivity contribution is 0.0418. The monoisotopic (exact) mass is 418 g/mol. The standard InChI is InChI=1S/C26H30N2O3/c1-2-4-23-20(3-1)5-10-27(23)12-7-24-22-16-26-25(30-18-31-26)15-21(22)6-11-28(24)17-19-8-13-29-14-9-19/h1-5,10,15-16,19,24H,6-9,11-14,17-18H2. The maximum absolute atomic E-state index is 5.74. The van der Waals surface area contributed by atoms with Crippen LogP contribution in [0.25, 0.3) is 10.9 Å². The molecule has 0 bridgehead atoms. The molecule has 31 heavy (non-hydrogen) atoms. The molecule has 0 amide bonds. The summed E-state index contributed by atoms with van der Waals surface area (Å²) < 4.78 is 19.4. The number of para-hydroxylation sites is 1. The van der Waals surface area contributed by atoms with Crippen LogP contribution in [0, 0.1) is 5.92 Å². The van der Waals surface area contributed by atoms with E-state index in [1.165, 1.54) is 34.9 Å².